The molecule has 54 valence electrons. The van der Waals surface area contributed by atoms with E-state index < -0.39 is 0 Å². The zero-order chi connectivity index (χ0) is 7.52. The van der Waals surface area contributed by atoms with Crippen LogP contribution >= 0.6 is 0 Å². The first-order valence-electron chi connectivity index (χ1n) is 3.35. The predicted octanol–water partition coefficient (Wildman–Crippen LogP) is 1.40. The lowest BCUT2D eigenvalue weighted by molar-refractivity contribution is 1.32. The molecule has 1 aromatic rings. The highest BCUT2D eigenvalue weighted by atomic mass is 14.9. The van der Waals surface area contributed by atoms with Gasteiger partial charge in [-0.25, -0.2) is 0 Å². The maximum atomic E-state index is 4.02. The second-order valence-electron chi connectivity index (χ2n) is 2.20. The number of anilines is 1. The molecule has 1 N–H and O–H groups in total. The number of hydrogen-bond acceptors (Lipinski definition) is 3. The molecule has 0 unspecified atom stereocenters. The lowest BCUT2D eigenvalue weighted by Crippen LogP contribution is -1.91. The zero-order valence-electron chi connectivity index (χ0n) is 5.86. The van der Waals surface area contributed by atoms with Gasteiger partial charge in [-0.3, -0.25) is 9.98 Å². The van der Waals surface area contributed by atoms with E-state index in [1.807, 2.05) is 6.07 Å². The summed E-state index contributed by atoms with van der Waals surface area (Å²) >= 11 is 0. The van der Waals surface area contributed by atoms with Crippen LogP contribution in [0.5, 0.6) is 0 Å². The molecule has 0 aliphatic carbocycles. The Morgan fingerprint density at radius 1 is 1.36 bits per heavy atom. The Morgan fingerprint density at radius 2 is 2.36 bits per heavy atom. The summed E-state index contributed by atoms with van der Waals surface area (Å²) in [6.07, 6.45) is 8.81. The number of pyridine rings is 1. The third-order valence-electron chi connectivity index (χ3n) is 1.47. The summed E-state index contributed by atoms with van der Waals surface area (Å²) in [5.74, 6) is 0. The molecule has 11 heavy (non-hydrogen) atoms. The first-order valence-corrected chi connectivity index (χ1v) is 3.35. The van der Waals surface area contributed by atoms with Crippen LogP contribution in [0.15, 0.2) is 35.9 Å². The van der Waals surface area contributed by atoms with Crippen LogP contribution in [0.2, 0.25) is 0 Å². The van der Waals surface area contributed by atoms with Gasteiger partial charge in [-0.2, -0.15) is 0 Å². The molecule has 1 aliphatic rings. The van der Waals surface area contributed by atoms with Crippen LogP contribution in [0, 0.1) is 0 Å². The SMILES string of the molecule is C1=CNc2cnccc2C=N1. The number of hydrogen-bond donors (Lipinski definition) is 1. The molecule has 0 aromatic carbocycles. The zero-order valence-corrected chi connectivity index (χ0v) is 5.86. The van der Waals surface area contributed by atoms with Gasteiger partial charge in [-0.05, 0) is 6.07 Å². The number of fused-ring (bicyclic) bond motifs is 1. The average Bonchev–Trinajstić information content (AvgIpc) is 2.28. The molecule has 0 atom stereocenters. The van der Waals surface area contributed by atoms with Crippen LogP contribution < -0.4 is 5.32 Å². The quantitative estimate of drug-likeness (QED) is 0.599. The third kappa shape index (κ3) is 1.12. The van der Waals surface area contributed by atoms with Crippen molar-refractivity contribution in [3.05, 3.63) is 36.4 Å². The summed E-state index contributed by atoms with van der Waals surface area (Å²) < 4.78 is 0. The number of aliphatic imine (C=N–C) groups is 1. The van der Waals surface area contributed by atoms with E-state index in [0.29, 0.717) is 0 Å². The molecule has 0 fully saturated rings. The predicted molar refractivity (Wildman–Crippen MR) is 44.6 cm³/mol. The van der Waals surface area contributed by atoms with Crippen molar-refractivity contribution in [1.29, 1.82) is 0 Å². The van der Waals surface area contributed by atoms with Gasteiger partial charge in [0, 0.05) is 30.4 Å². The average molecular weight is 145 g/mol. The summed E-state index contributed by atoms with van der Waals surface area (Å²) in [5.41, 5.74) is 2.05. The van der Waals surface area contributed by atoms with E-state index in [4.69, 9.17) is 0 Å². The van der Waals surface area contributed by atoms with Gasteiger partial charge in [0.1, 0.15) is 0 Å². The van der Waals surface area contributed by atoms with Crippen molar-refractivity contribution < 1.29 is 0 Å². The molecule has 2 heterocycles. The highest BCUT2D eigenvalue weighted by molar-refractivity contribution is 5.88. The van der Waals surface area contributed by atoms with Crippen LogP contribution in [0.25, 0.3) is 0 Å². The topological polar surface area (TPSA) is 37.3 Å². The smallest absolute Gasteiger partial charge is 0.0655 e. The second kappa shape index (κ2) is 2.54. The van der Waals surface area contributed by atoms with Crippen molar-refractivity contribution in [3.63, 3.8) is 0 Å². The fourth-order valence-corrected chi connectivity index (χ4v) is 0.932. The largest absolute Gasteiger partial charge is 0.358 e. The van der Waals surface area contributed by atoms with Crippen molar-refractivity contribution in [3.8, 4) is 0 Å². The summed E-state index contributed by atoms with van der Waals surface area (Å²) in [4.78, 5) is 8.00. The first kappa shape index (κ1) is 6.09. The van der Waals surface area contributed by atoms with Gasteiger partial charge in [0.15, 0.2) is 0 Å². The summed E-state index contributed by atoms with van der Waals surface area (Å²) in [5, 5.41) is 3.06. The van der Waals surface area contributed by atoms with Gasteiger partial charge in [0.25, 0.3) is 0 Å². The molecule has 1 aliphatic heterocycles. The van der Waals surface area contributed by atoms with Gasteiger partial charge in [-0.1, -0.05) is 0 Å². The van der Waals surface area contributed by atoms with Crippen molar-refractivity contribution in [2.75, 3.05) is 5.32 Å². The molecule has 0 radical (unpaired) electrons. The molecule has 0 amide bonds. The van der Waals surface area contributed by atoms with E-state index in [2.05, 4.69) is 15.3 Å². The Kier molecular flexibility index (Phi) is 1.41. The Balaban J connectivity index is 2.52. The standard InChI is InChI=1S/C8H7N3/c1-2-9-6-8-7(1)5-10-3-4-11-8/h1-6,11H. The van der Waals surface area contributed by atoms with Crippen molar-refractivity contribution in [2.24, 2.45) is 4.99 Å². The maximum Gasteiger partial charge on any atom is 0.0655 e. The molecule has 2 rings (SSSR count). The van der Waals surface area contributed by atoms with Crippen LogP contribution in [0.3, 0.4) is 0 Å². The highest BCUT2D eigenvalue weighted by Crippen LogP contribution is 2.12. The van der Waals surface area contributed by atoms with Crippen LogP contribution in [0.4, 0.5) is 5.69 Å². The van der Waals surface area contributed by atoms with Crippen LogP contribution in [-0.4, -0.2) is 11.2 Å². The van der Waals surface area contributed by atoms with E-state index in [9.17, 15) is 0 Å². The summed E-state index contributed by atoms with van der Waals surface area (Å²) in [6.45, 7) is 0. The van der Waals surface area contributed by atoms with Gasteiger partial charge >= 0.3 is 0 Å². The first-order chi connectivity index (χ1) is 5.47. The van der Waals surface area contributed by atoms with E-state index in [0.717, 1.165) is 11.3 Å². The molecular formula is C8H7N3. The monoisotopic (exact) mass is 145 g/mol. The third-order valence-corrected chi connectivity index (χ3v) is 1.47. The molecule has 0 spiro atoms. The van der Waals surface area contributed by atoms with Crippen LogP contribution in [-0.2, 0) is 0 Å². The highest BCUT2D eigenvalue weighted by Gasteiger charge is 1.97. The van der Waals surface area contributed by atoms with Gasteiger partial charge < -0.3 is 5.32 Å². The maximum absolute atomic E-state index is 4.02. The summed E-state index contributed by atoms with van der Waals surface area (Å²) in [6, 6.07) is 1.92. The van der Waals surface area contributed by atoms with Crippen molar-refractivity contribution in [1.82, 2.24) is 4.98 Å². The number of aromatic nitrogens is 1. The second-order valence-corrected chi connectivity index (χ2v) is 2.20. The number of rotatable bonds is 0. The number of nitrogens with one attached hydrogen (secondary N) is 1. The normalized spacial score (nSPS) is 13.5. The molecule has 0 saturated heterocycles. The molecule has 3 nitrogen and oxygen atoms in total. The fraction of sp³-hybridized carbons (Fsp3) is 0. The van der Waals surface area contributed by atoms with Gasteiger partial charge in [-0.15, -0.1) is 0 Å². The molecule has 0 saturated carbocycles. The Morgan fingerprint density at radius 3 is 3.36 bits per heavy atom. The van der Waals surface area contributed by atoms with E-state index in [1.165, 1.54) is 0 Å². The van der Waals surface area contributed by atoms with E-state index in [-0.39, 0.29) is 0 Å². The van der Waals surface area contributed by atoms with E-state index >= 15 is 0 Å². The summed E-state index contributed by atoms with van der Waals surface area (Å²) in [7, 11) is 0. The Labute approximate surface area is 64.5 Å². The minimum atomic E-state index is 0.991. The lowest BCUT2D eigenvalue weighted by atomic mass is 10.2. The Hall–Kier alpha value is -1.64. The van der Waals surface area contributed by atoms with Crippen LogP contribution in [0.1, 0.15) is 5.56 Å². The molecule has 1 aromatic heterocycles. The minimum Gasteiger partial charge on any atom is -0.358 e. The molecule has 3 heteroatoms. The fourth-order valence-electron chi connectivity index (χ4n) is 0.932. The van der Waals surface area contributed by atoms with Crippen molar-refractivity contribution >= 4 is 11.9 Å². The minimum absolute atomic E-state index is 0.991. The number of nitrogens with zero attached hydrogens (tertiary/aromatic N) is 2. The van der Waals surface area contributed by atoms with Gasteiger partial charge in [0.2, 0.25) is 0 Å². The van der Waals surface area contributed by atoms with Gasteiger partial charge in [0.05, 0.1) is 11.9 Å². The molecular weight excluding hydrogens is 138 g/mol. The molecule has 0 bridgehead atoms. The Bertz CT molecular complexity index is 315. The lowest BCUT2D eigenvalue weighted by Gasteiger charge is -2.00. The van der Waals surface area contributed by atoms with Crippen molar-refractivity contribution in [2.45, 2.75) is 0 Å². The van der Waals surface area contributed by atoms with E-state index in [1.54, 1.807) is 31.0 Å².